The van der Waals surface area contributed by atoms with Crippen LogP contribution in [0.1, 0.15) is 17.3 Å². The van der Waals surface area contributed by atoms with Gasteiger partial charge < -0.3 is 0 Å². The van der Waals surface area contributed by atoms with Gasteiger partial charge in [0.25, 0.3) is 5.91 Å². The number of carbonyl (C=O) groups is 1. The van der Waals surface area contributed by atoms with E-state index in [1.165, 1.54) is 0 Å². The van der Waals surface area contributed by atoms with E-state index in [1.54, 1.807) is 16.8 Å². The zero-order valence-electron chi connectivity index (χ0n) is 12.3. The first-order valence-electron chi connectivity index (χ1n) is 7.51. The predicted molar refractivity (Wildman–Crippen MR) is 92.6 cm³/mol. The highest BCUT2D eigenvalue weighted by Crippen LogP contribution is 2.36. The summed E-state index contributed by atoms with van der Waals surface area (Å²) in [6, 6.07) is 17.8. The van der Waals surface area contributed by atoms with Gasteiger partial charge in [-0.3, -0.25) is 10.1 Å². The lowest BCUT2D eigenvalue weighted by Crippen LogP contribution is -2.40. The number of fused-ring (bicyclic) bond motifs is 1. The molecule has 0 radical (unpaired) electrons. The van der Waals surface area contributed by atoms with Crippen LogP contribution in [0.5, 0.6) is 0 Å². The SMILES string of the molecule is O=C1C(Cc2ccc(Cl)cc2)S[C@H]2NC(c3ccccc3)NN12. The van der Waals surface area contributed by atoms with Gasteiger partial charge >= 0.3 is 0 Å². The first kappa shape index (κ1) is 15.0. The summed E-state index contributed by atoms with van der Waals surface area (Å²) in [5.41, 5.74) is 5.51. The van der Waals surface area contributed by atoms with E-state index in [2.05, 4.69) is 10.7 Å². The zero-order valence-corrected chi connectivity index (χ0v) is 13.8. The van der Waals surface area contributed by atoms with Crippen LogP contribution in [0.3, 0.4) is 0 Å². The first-order chi connectivity index (χ1) is 11.2. The Morgan fingerprint density at radius 3 is 2.52 bits per heavy atom. The summed E-state index contributed by atoms with van der Waals surface area (Å²) < 4.78 is 0. The number of halogens is 1. The molecule has 0 bridgehead atoms. The summed E-state index contributed by atoms with van der Waals surface area (Å²) >= 11 is 7.57. The highest BCUT2D eigenvalue weighted by Gasteiger charge is 2.46. The number of benzene rings is 2. The van der Waals surface area contributed by atoms with Crippen LogP contribution in [0.25, 0.3) is 0 Å². The summed E-state index contributed by atoms with van der Waals surface area (Å²) in [5, 5.41) is 5.83. The third kappa shape index (κ3) is 2.97. The summed E-state index contributed by atoms with van der Waals surface area (Å²) in [5.74, 6) is 0.126. The third-order valence-electron chi connectivity index (χ3n) is 4.09. The molecular formula is C17H16ClN3OS. The number of hydrogen-bond donors (Lipinski definition) is 2. The van der Waals surface area contributed by atoms with Crippen LogP contribution in [0, 0.1) is 0 Å². The number of carbonyl (C=O) groups excluding carboxylic acids is 1. The van der Waals surface area contributed by atoms with Gasteiger partial charge in [-0.05, 0) is 29.7 Å². The second kappa shape index (κ2) is 6.17. The molecule has 0 aliphatic carbocycles. The largest absolute Gasteiger partial charge is 0.272 e. The summed E-state index contributed by atoms with van der Waals surface area (Å²) in [6.07, 6.45) is 0.696. The molecule has 6 heteroatoms. The maximum Gasteiger partial charge on any atom is 0.252 e. The molecule has 2 heterocycles. The Labute approximate surface area is 144 Å². The maximum atomic E-state index is 12.6. The van der Waals surface area contributed by atoms with Crippen molar-refractivity contribution < 1.29 is 4.79 Å². The highest BCUT2D eigenvalue weighted by atomic mass is 35.5. The number of nitrogens with zero attached hydrogens (tertiary/aromatic N) is 1. The molecule has 2 aliphatic rings. The molecule has 2 aliphatic heterocycles. The topological polar surface area (TPSA) is 44.4 Å². The summed E-state index contributed by atoms with van der Waals surface area (Å²) in [7, 11) is 0. The molecular weight excluding hydrogens is 330 g/mol. The minimum absolute atomic E-state index is 0.0193. The van der Waals surface area contributed by atoms with Gasteiger partial charge in [-0.15, -0.1) is 11.8 Å². The molecule has 2 saturated heterocycles. The molecule has 2 N–H and O–H groups in total. The van der Waals surface area contributed by atoms with Gasteiger partial charge in [0.2, 0.25) is 0 Å². The summed E-state index contributed by atoms with van der Waals surface area (Å²) in [6.45, 7) is 0. The number of amides is 1. The van der Waals surface area contributed by atoms with Crippen molar-refractivity contribution in [1.82, 2.24) is 15.8 Å². The molecule has 2 aromatic rings. The van der Waals surface area contributed by atoms with Crippen molar-refractivity contribution in [3.05, 3.63) is 70.7 Å². The maximum absolute atomic E-state index is 12.6. The Morgan fingerprint density at radius 2 is 1.83 bits per heavy atom. The van der Waals surface area contributed by atoms with Crippen LogP contribution >= 0.6 is 23.4 Å². The van der Waals surface area contributed by atoms with Gasteiger partial charge in [-0.25, -0.2) is 10.4 Å². The van der Waals surface area contributed by atoms with E-state index in [0.717, 1.165) is 11.1 Å². The van der Waals surface area contributed by atoms with Gasteiger partial charge in [0.15, 0.2) is 0 Å². The molecule has 3 atom stereocenters. The standard InChI is InChI=1S/C17H16ClN3OS/c18-13-8-6-11(7-9-13)10-14-16(22)21-17(23-14)19-15(20-21)12-4-2-1-3-5-12/h1-9,14-15,17,19-20H,10H2/t14?,15?,17-/m0/s1. The monoisotopic (exact) mass is 345 g/mol. The average molecular weight is 346 g/mol. The van der Waals surface area contributed by atoms with E-state index in [1.807, 2.05) is 54.6 Å². The van der Waals surface area contributed by atoms with Crippen molar-refractivity contribution >= 4 is 29.3 Å². The molecule has 4 rings (SSSR count). The molecule has 0 spiro atoms. The second-order valence-electron chi connectivity index (χ2n) is 5.66. The molecule has 2 fully saturated rings. The number of hydrazine groups is 1. The minimum Gasteiger partial charge on any atom is -0.272 e. The molecule has 0 saturated carbocycles. The van der Waals surface area contributed by atoms with Crippen LogP contribution in [0.2, 0.25) is 5.02 Å². The van der Waals surface area contributed by atoms with E-state index in [4.69, 9.17) is 11.6 Å². The highest BCUT2D eigenvalue weighted by molar-refractivity contribution is 8.01. The Balaban J connectivity index is 1.43. The van der Waals surface area contributed by atoms with Crippen molar-refractivity contribution in [1.29, 1.82) is 0 Å². The molecule has 4 nitrogen and oxygen atoms in total. The number of hydrogen-bond acceptors (Lipinski definition) is 4. The normalized spacial score (nSPS) is 26.6. The summed E-state index contributed by atoms with van der Waals surface area (Å²) in [4.78, 5) is 12.6. The fraction of sp³-hybridized carbons (Fsp3) is 0.235. The number of nitrogens with one attached hydrogen (secondary N) is 2. The van der Waals surface area contributed by atoms with Crippen molar-refractivity contribution in [3.8, 4) is 0 Å². The van der Waals surface area contributed by atoms with Crippen LogP contribution in [-0.4, -0.2) is 21.7 Å². The lowest BCUT2D eigenvalue weighted by molar-refractivity contribution is -0.131. The smallest absolute Gasteiger partial charge is 0.252 e. The Hall–Kier alpha value is -1.53. The van der Waals surface area contributed by atoms with Gasteiger partial charge in [-0.1, -0.05) is 54.1 Å². The molecule has 118 valence electrons. The van der Waals surface area contributed by atoms with E-state index in [9.17, 15) is 4.79 Å². The fourth-order valence-electron chi connectivity index (χ4n) is 2.90. The Bertz CT molecular complexity index is 710. The average Bonchev–Trinajstić information content (AvgIpc) is 3.11. The van der Waals surface area contributed by atoms with E-state index < -0.39 is 0 Å². The van der Waals surface area contributed by atoms with E-state index >= 15 is 0 Å². The minimum atomic E-state index is -0.0714. The van der Waals surface area contributed by atoms with E-state index in [-0.39, 0.29) is 22.8 Å². The zero-order chi connectivity index (χ0) is 15.8. The predicted octanol–water partition coefficient (Wildman–Crippen LogP) is 2.92. The molecule has 1 amide bonds. The van der Waals surface area contributed by atoms with Crippen LogP contribution in [0.4, 0.5) is 0 Å². The molecule has 23 heavy (non-hydrogen) atoms. The number of rotatable bonds is 3. The van der Waals surface area contributed by atoms with Gasteiger partial charge in [0, 0.05) is 5.02 Å². The Kier molecular flexibility index (Phi) is 4.03. The van der Waals surface area contributed by atoms with Gasteiger partial charge in [0.1, 0.15) is 11.7 Å². The van der Waals surface area contributed by atoms with Crippen molar-refractivity contribution in [2.45, 2.75) is 23.3 Å². The number of thioether (sulfide) groups is 1. The molecule has 2 unspecified atom stereocenters. The molecule has 2 aromatic carbocycles. The van der Waals surface area contributed by atoms with Crippen molar-refractivity contribution in [2.75, 3.05) is 0 Å². The Morgan fingerprint density at radius 1 is 1.09 bits per heavy atom. The van der Waals surface area contributed by atoms with Crippen LogP contribution in [-0.2, 0) is 11.2 Å². The quantitative estimate of drug-likeness (QED) is 0.897. The van der Waals surface area contributed by atoms with Crippen molar-refractivity contribution in [2.24, 2.45) is 0 Å². The fourth-order valence-corrected chi connectivity index (χ4v) is 4.35. The lowest BCUT2D eigenvalue weighted by atomic mass is 10.1. The lowest BCUT2D eigenvalue weighted by Gasteiger charge is -2.16. The molecule has 0 aromatic heterocycles. The van der Waals surface area contributed by atoms with Crippen molar-refractivity contribution in [3.63, 3.8) is 0 Å². The van der Waals surface area contributed by atoms with Crippen LogP contribution < -0.4 is 10.7 Å². The third-order valence-corrected chi connectivity index (χ3v) is 5.64. The second-order valence-corrected chi connectivity index (χ2v) is 7.38. The first-order valence-corrected chi connectivity index (χ1v) is 8.83. The van der Waals surface area contributed by atoms with Gasteiger partial charge in [0.05, 0.1) is 5.25 Å². The van der Waals surface area contributed by atoms with E-state index in [0.29, 0.717) is 11.4 Å². The van der Waals surface area contributed by atoms with Crippen LogP contribution in [0.15, 0.2) is 54.6 Å². The van der Waals surface area contributed by atoms with Gasteiger partial charge in [-0.2, -0.15) is 0 Å².